The van der Waals surface area contributed by atoms with Crippen LogP contribution in [-0.2, 0) is 11.2 Å². The van der Waals surface area contributed by atoms with E-state index in [1.54, 1.807) is 12.1 Å². The number of benzene rings is 1. The Kier molecular flexibility index (Phi) is 4.91. The second kappa shape index (κ2) is 6.66. The quantitative estimate of drug-likeness (QED) is 0.888. The molecule has 1 N–H and O–H groups in total. The molecule has 1 aromatic carbocycles. The van der Waals surface area contributed by atoms with Gasteiger partial charge in [0.1, 0.15) is 5.78 Å². The number of methoxy groups -OCH3 is 1. The standard InChI is InChI=1S/C15H20FNO2/c1-19-15-3-2-12(10-14(15)16)9-13(18)8-11-4-6-17-7-5-11/h2-3,10-11,17H,4-9H2,1H3. The minimum atomic E-state index is -0.408. The highest BCUT2D eigenvalue weighted by Crippen LogP contribution is 2.20. The lowest BCUT2D eigenvalue weighted by molar-refractivity contribution is -0.119. The summed E-state index contributed by atoms with van der Waals surface area (Å²) in [7, 11) is 1.43. The Morgan fingerprint density at radius 3 is 2.79 bits per heavy atom. The van der Waals surface area contributed by atoms with E-state index >= 15 is 0 Å². The van der Waals surface area contributed by atoms with Crippen molar-refractivity contribution in [2.75, 3.05) is 20.2 Å². The van der Waals surface area contributed by atoms with Crippen molar-refractivity contribution >= 4 is 5.78 Å². The molecule has 0 amide bonds. The van der Waals surface area contributed by atoms with Gasteiger partial charge >= 0.3 is 0 Å². The van der Waals surface area contributed by atoms with E-state index in [2.05, 4.69) is 5.32 Å². The van der Waals surface area contributed by atoms with E-state index in [0.29, 0.717) is 18.8 Å². The number of nitrogens with one attached hydrogen (secondary N) is 1. The molecule has 0 atom stereocenters. The first-order valence-electron chi connectivity index (χ1n) is 6.74. The largest absolute Gasteiger partial charge is 0.494 e. The van der Waals surface area contributed by atoms with Crippen LogP contribution in [0.25, 0.3) is 0 Å². The molecule has 1 aromatic rings. The van der Waals surface area contributed by atoms with Gasteiger partial charge in [-0.05, 0) is 49.5 Å². The molecule has 1 aliphatic rings. The number of hydrogen-bond acceptors (Lipinski definition) is 3. The zero-order chi connectivity index (χ0) is 13.7. The van der Waals surface area contributed by atoms with Crippen LogP contribution in [0.4, 0.5) is 4.39 Å². The van der Waals surface area contributed by atoms with Gasteiger partial charge in [-0.1, -0.05) is 6.07 Å². The molecule has 1 aliphatic heterocycles. The summed E-state index contributed by atoms with van der Waals surface area (Å²) in [6.07, 6.45) is 3.03. The SMILES string of the molecule is COc1ccc(CC(=O)CC2CCNCC2)cc1F. The highest BCUT2D eigenvalue weighted by Gasteiger charge is 2.17. The summed E-state index contributed by atoms with van der Waals surface area (Å²) >= 11 is 0. The van der Waals surface area contributed by atoms with E-state index in [1.165, 1.54) is 13.2 Å². The molecular weight excluding hydrogens is 245 g/mol. The van der Waals surface area contributed by atoms with E-state index in [4.69, 9.17) is 4.74 Å². The number of halogens is 1. The summed E-state index contributed by atoms with van der Waals surface area (Å²) in [5.74, 6) is 0.484. The van der Waals surface area contributed by atoms with Crippen LogP contribution >= 0.6 is 0 Å². The van der Waals surface area contributed by atoms with Crippen molar-refractivity contribution in [2.24, 2.45) is 5.92 Å². The summed E-state index contributed by atoms with van der Waals surface area (Å²) < 4.78 is 18.4. The highest BCUT2D eigenvalue weighted by atomic mass is 19.1. The summed E-state index contributed by atoms with van der Waals surface area (Å²) in [4.78, 5) is 12.0. The lowest BCUT2D eigenvalue weighted by atomic mass is 9.91. The van der Waals surface area contributed by atoms with Crippen LogP contribution in [0.15, 0.2) is 18.2 Å². The number of rotatable bonds is 5. The Bertz CT molecular complexity index is 442. The Balaban J connectivity index is 1.89. The number of piperidine rings is 1. The molecule has 0 spiro atoms. The Hall–Kier alpha value is -1.42. The van der Waals surface area contributed by atoms with Crippen molar-refractivity contribution < 1.29 is 13.9 Å². The van der Waals surface area contributed by atoms with Gasteiger partial charge in [0.15, 0.2) is 11.6 Å². The first-order valence-corrected chi connectivity index (χ1v) is 6.74. The average molecular weight is 265 g/mol. The van der Waals surface area contributed by atoms with Gasteiger partial charge in [-0.25, -0.2) is 4.39 Å². The zero-order valence-electron chi connectivity index (χ0n) is 11.2. The van der Waals surface area contributed by atoms with Crippen LogP contribution in [-0.4, -0.2) is 26.0 Å². The molecule has 0 saturated carbocycles. The maximum Gasteiger partial charge on any atom is 0.165 e. The maximum atomic E-state index is 13.5. The number of hydrogen-bond donors (Lipinski definition) is 1. The van der Waals surface area contributed by atoms with Crippen molar-refractivity contribution in [1.82, 2.24) is 5.32 Å². The van der Waals surface area contributed by atoms with Crippen molar-refractivity contribution in [3.8, 4) is 5.75 Å². The van der Waals surface area contributed by atoms with Crippen LogP contribution in [0.5, 0.6) is 5.75 Å². The van der Waals surface area contributed by atoms with Crippen molar-refractivity contribution in [2.45, 2.75) is 25.7 Å². The molecule has 1 saturated heterocycles. The third-order valence-electron chi connectivity index (χ3n) is 3.59. The molecular formula is C15H20FNO2. The molecule has 0 aliphatic carbocycles. The van der Waals surface area contributed by atoms with E-state index in [1.807, 2.05) is 0 Å². The molecule has 4 heteroatoms. The summed E-state index contributed by atoms with van der Waals surface area (Å²) in [5.41, 5.74) is 0.720. The Morgan fingerprint density at radius 1 is 1.42 bits per heavy atom. The van der Waals surface area contributed by atoms with Gasteiger partial charge in [0.2, 0.25) is 0 Å². The fraction of sp³-hybridized carbons (Fsp3) is 0.533. The molecule has 1 fully saturated rings. The fourth-order valence-electron chi connectivity index (χ4n) is 2.53. The molecule has 0 radical (unpaired) electrons. The van der Waals surface area contributed by atoms with Gasteiger partial charge in [0, 0.05) is 12.8 Å². The number of ether oxygens (including phenoxy) is 1. The van der Waals surface area contributed by atoms with Gasteiger partial charge < -0.3 is 10.1 Å². The van der Waals surface area contributed by atoms with Gasteiger partial charge in [-0.15, -0.1) is 0 Å². The summed E-state index contributed by atoms with van der Waals surface area (Å²) in [6.45, 7) is 1.99. The number of Topliss-reactive ketones (excluding diaryl/α,β-unsaturated/α-hetero) is 1. The van der Waals surface area contributed by atoms with Crippen LogP contribution in [0.3, 0.4) is 0 Å². The van der Waals surface area contributed by atoms with Crippen LogP contribution in [0, 0.1) is 11.7 Å². The molecule has 104 valence electrons. The van der Waals surface area contributed by atoms with Crippen molar-refractivity contribution in [3.63, 3.8) is 0 Å². The monoisotopic (exact) mass is 265 g/mol. The van der Waals surface area contributed by atoms with Crippen LogP contribution < -0.4 is 10.1 Å². The van der Waals surface area contributed by atoms with Crippen LogP contribution in [0.2, 0.25) is 0 Å². The zero-order valence-corrected chi connectivity index (χ0v) is 11.2. The molecule has 0 aromatic heterocycles. The third-order valence-corrected chi connectivity index (χ3v) is 3.59. The van der Waals surface area contributed by atoms with E-state index in [0.717, 1.165) is 31.5 Å². The predicted molar refractivity (Wildman–Crippen MR) is 71.9 cm³/mol. The molecule has 0 unspecified atom stereocenters. The van der Waals surface area contributed by atoms with Gasteiger partial charge in [0.25, 0.3) is 0 Å². The normalized spacial score (nSPS) is 16.3. The molecule has 0 bridgehead atoms. The van der Waals surface area contributed by atoms with E-state index < -0.39 is 5.82 Å². The van der Waals surface area contributed by atoms with Crippen LogP contribution in [0.1, 0.15) is 24.8 Å². The lowest BCUT2D eigenvalue weighted by Crippen LogP contribution is -2.29. The van der Waals surface area contributed by atoms with E-state index in [-0.39, 0.29) is 11.5 Å². The second-order valence-electron chi connectivity index (χ2n) is 5.08. The highest BCUT2D eigenvalue weighted by molar-refractivity contribution is 5.81. The number of carbonyl (C=O) groups is 1. The first-order chi connectivity index (χ1) is 9.19. The minimum absolute atomic E-state index is 0.191. The van der Waals surface area contributed by atoms with E-state index in [9.17, 15) is 9.18 Å². The molecule has 1 heterocycles. The Morgan fingerprint density at radius 2 is 2.16 bits per heavy atom. The molecule has 3 nitrogen and oxygen atoms in total. The fourth-order valence-corrected chi connectivity index (χ4v) is 2.53. The predicted octanol–water partition coefficient (Wildman–Crippen LogP) is 2.34. The van der Waals surface area contributed by atoms with Gasteiger partial charge in [-0.2, -0.15) is 0 Å². The van der Waals surface area contributed by atoms with Crippen molar-refractivity contribution in [1.29, 1.82) is 0 Å². The maximum absolute atomic E-state index is 13.5. The third kappa shape index (κ3) is 4.03. The van der Waals surface area contributed by atoms with Gasteiger partial charge in [0.05, 0.1) is 7.11 Å². The topological polar surface area (TPSA) is 38.3 Å². The second-order valence-corrected chi connectivity index (χ2v) is 5.08. The minimum Gasteiger partial charge on any atom is -0.494 e. The molecule has 2 rings (SSSR count). The van der Waals surface area contributed by atoms with Gasteiger partial charge in [-0.3, -0.25) is 4.79 Å². The summed E-state index contributed by atoms with van der Waals surface area (Å²) in [5, 5.41) is 3.28. The first kappa shape index (κ1) is 14.0. The molecule has 19 heavy (non-hydrogen) atoms. The van der Waals surface area contributed by atoms with Crippen molar-refractivity contribution in [3.05, 3.63) is 29.6 Å². The average Bonchev–Trinajstić information content (AvgIpc) is 2.40. The lowest BCUT2D eigenvalue weighted by Gasteiger charge is -2.21. The Labute approximate surface area is 113 Å². The number of carbonyl (C=O) groups excluding carboxylic acids is 1. The number of ketones is 1. The smallest absolute Gasteiger partial charge is 0.165 e. The summed E-state index contributed by atoms with van der Waals surface area (Å²) in [6, 6.07) is 4.71.